The third-order valence-electron chi connectivity index (χ3n) is 5.63. The number of ether oxygens (including phenoxy) is 1. The predicted octanol–water partition coefficient (Wildman–Crippen LogP) is 2.95. The second kappa shape index (κ2) is 9.57. The van der Waals surface area contributed by atoms with Crippen LogP contribution < -0.4 is 15.4 Å². The molecule has 0 saturated heterocycles. The molecule has 0 aliphatic heterocycles. The lowest BCUT2D eigenvalue weighted by molar-refractivity contribution is -0.139. The second-order valence-corrected chi connectivity index (χ2v) is 7.74. The average molecular weight is 388 g/mol. The quantitative estimate of drug-likeness (QED) is 0.666. The van der Waals surface area contributed by atoms with Gasteiger partial charge in [0.2, 0.25) is 11.8 Å². The summed E-state index contributed by atoms with van der Waals surface area (Å²) in [6, 6.07) is 6.90. The molecule has 2 saturated carbocycles. The van der Waals surface area contributed by atoms with Crippen molar-refractivity contribution in [2.24, 2.45) is 11.8 Å². The third-order valence-corrected chi connectivity index (χ3v) is 5.63. The maximum atomic E-state index is 12.5. The van der Waals surface area contributed by atoms with Gasteiger partial charge >= 0.3 is 5.97 Å². The van der Waals surface area contributed by atoms with Gasteiger partial charge in [-0.1, -0.05) is 18.9 Å². The lowest BCUT2D eigenvalue weighted by Gasteiger charge is -2.29. The Labute approximate surface area is 164 Å². The molecule has 2 aliphatic carbocycles. The van der Waals surface area contributed by atoms with E-state index in [-0.39, 0.29) is 29.7 Å². The molecule has 28 heavy (non-hydrogen) atoms. The largest absolute Gasteiger partial charge is 0.482 e. The van der Waals surface area contributed by atoms with Crippen LogP contribution >= 0.6 is 0 Å². The van der Waals surface area contributed by atoms with Crippen LogP contribution in [0.25, 0.3) is 0 Å². The Hall–Kier alpha value is -2.57. The molecule has 3 N–H and O–H groups in total. The van der Waals surface area contributed by atoms with Crippen LogP contribution in [-0.2, 0) is 14.4 Å². The number of carboxylic acids is 1. The Morgan fingerprint density at radius 2 is 1.64 bits per heavy atom. The fourth-order valence-electron chi connectivity index (χ4n) is 4.06. The van der Waals surface area contributed by atoms with E-state index < -0.39 is 12.6 Å². The SMILES string of the molecule is O=C(O)COc1cccc(NC(=O)C2CCC(NC(=O)C3CCCC3)CC2)c1. The molecule has 0 bridgehead atoms. The number of amides is 2. The van der Waals surface area contributed by atoms with Crippen LogP contribution in [0.4, 0.5) is 5.69 Å². The molecule has 3 rings (SSSR count). The zero-order chi connectivity index (χ0) is 19.9. The number of benzene rings is 1. The lowest BCUT2D eigenvalue weighted by Crippen LogP contribution is -2.41. The zero-order valence-corrected chi connectivity index (χ0v) is 16.0. The molecular formula is C21H28N2O5. The summed E-state index contributed by atoms with van der Waals surface area (Å²) in [6.45, 7) is -0.423. The van der Waals surface area contributed by atoms with Gasteiger partial charge in [-0.05, 0) is 50.7 Å². The minimum Gasteiger partial charge on any atom is -0.482 e. The van der Waals surface area contributed by atoms with Crippen LogP contribution in [0, 0.1) is 11.8 Å². The van der Waals surface area contributed by atoms with Crippen molar-refractivity contribution in [3.63, 3.8) is 0 Å². The number of carboxylic acid groups (broad SMARTS) is 1. The Morgan fingerprint density at radius 3 is 2.32 bits per heavy atom. The van der Waals surface area contributed by atoms with E-state index in [1.807, 2.05) is 0 Å². The van der Waals surface area contributed by atoms with Crippen LogP contribution in [-0.4, -0.2) is 35.5 Å². The molecule has 0 heterocycles. The fraction of sp³-hybridized carbons (Fsp3) is 0.571. The number of carbonyl (C=O) groups excluding carboxylic acids is 2. The van der Waals surface area contributed by atoms with Crippen molar-refractivity contribution in [1.29, 1.82) is 0 Å². The molecule has 2 aliphatic rings. The average Bonchev–Trinajstić information content (AvgIpc) is 3.22. The molecule has 2 fully saturated rings. The molecule has 0 aromatic heterocycles. The smallest absolute Gasteiger partial charge is 0.341 e. The van der Waals surface area contributed by atoms with Gasteiger partial charge < -0.3 is 20.5 Å². The van der Waals surface area contributed by atoms with E-state index in [0.717, 1.165) is 51.4 Å². The molecule has 0 radical (unpaired) electrons. The highest BCUT2D eigenvalue weighted by Gasteiger charge is 2.29. The Balaban J connectivity index is 1.44. The van der Waals surface area contributed by atoms with Gasteiger partial charge in [-0.15, -0.1) is 0 Å². The van der Waals surface area contributed by atoms with Gasteiger partial charge in [0.05, 0.1) is 0 Å². The Bertz CT molecular complexity index is 707. The summed E-state index contributed by atoms with van der Waals surface area (Å²) < 4.78 is 5.14. The molecule has 1 aromatic rings. The number of aliphatic carboxylic acids is 1. The summed E-state index contributed by atoms with van der Waals surface area (Å²) in [7, 11) is 0. The fourth-order valence-corrected chi connectivity index (χ4v) is 4.06. The van der Waals surface area contributed by atoms with Gasteiger partial charge in [-0.3, -0.25) is 9.59 Å². The minimum absolute atomic E-state index is 0.0454. The van der Waals surface area contributed by atoms with E-state index in [1.54, 1.807) is 24.3 Å². The lowest BCUT2D eigenvalue weighted by atomic mass is 9.85. The molecule has 0 atom stereocenters. The highest BCUT2D eigenvalue weighted by molar-refractivity contribution is 5.92. The van der Waals surface area contributed by atoms with Crippen molar-refractivity contribution in [2.45, 2.75) is 57.4 Å². The standard InChI is InChI=1S/C21H28N2O5/c24-19(25)13-28-18-7-3-6-17(12-18)23-21(27)15-8-10-16(11-9-15)22-20(26)14-4-1-2-5-14/h3,6-7,12,14-16H,1-2,4-5,8-11,13H2,(H,22,26)(H,23,27)(H,24,25). The van der Waals surface area contributed by atoms with E-state index in [9.17, 15) is 14.4 Å². The number of carbonyl (C=O) groups is 3. The van der Waals surface area contributed by atoms with Crippen molar-refractivity contribution < 1.29 is 24.2 Å². The van der Waals surface area contributed by atoms with E-state index in [0.29, 0.717) is 11.4 Å². The van der Waals surface area contributed by atoms with Gasteiger partial charge in [0.1, 0.15) is 5.75 Å². The van der Waals surface area contributed by atoms with Crippen LogP contribution in [0.15, 0.2) is 24.3 Å². The number of anilines is 1. The first-order valence-electron chi connectivity index (χ1n) is 10.1. The second-order valence-electron chi connectivity index (χ2n) is 7.74. The van der Waals surface area contributed by atoms with Crippen LogP contribution in [0.2, 0.25) is 0 Å². The van der Waals surface area contributed by atoms with Crippen LogP contribution in [0.3, 0.4) is 0 Å². The topological polar surface area (TPSA) is 105 Å². The van der Waals surface area contributed by atoms with Crippen molar-refractivity contribution in [3.8, 4) is 5.75 Å². The van der Waals surface area contributed by atoms with Gasteiger partial charge in [0, 0.05) is 29.6 Å². The molecular weight excluding hydrogens is 360 g/mol. The predicted molar refractivity (Wildman–Crippen MR) is 104 cm³/mol. The Morgan fingerprint density at radius 1 is 0.964 bits per heavy atom. The monoisotopic (exact) mass is 388 g/mol. The van der Waals surface area contributed by atoms with Crippen LogP contribution in [0.1, 0.15) is 51.4 Å². The maximum Gasteiger partial charge on any atom is 0.341 e. The van der Waals surface area contributed by atoms with E-state index >= 15 is 0 Å². The highest BCUT2D eigenvalue weighted by atomic mass is 16.5. The van der Waals surface area contributed by atoms with Crippen molar-refractivity contribution in [3.05, 3.63) is 24.3 Å². The summed E-state index contributed by atoms with van der Waals surface area (Å²) in [5.74, 6) is -0.413. The highest BCUT2D eigenvalue weighted by Crippen LogP contribution is 2.28. The third kappa shape index (κ3) is 5.71. The molecule has 7 heteroatoms. The number of hydrogen-bond acceptors (Lipinski definition) is 4. The first kappa shape index (κ1) is 20.2. The summed E-state index contributed by atoms with van der Waals surface area (Å²) in [5.41, 5.74) is 0.588. The Kier molecular flexibility index (Phi) is 6.90. The molecule has 1 aromatic carbocycles. The van der Waals surface area contributed by atoms with E-state index in [1.165, 1.54) is 0 Å². The molecule has 2 amide bonds. The van der Waals surface area contributed by atoms with Gasteiger partial charge in [-0.2, -0.15) is 0 Å². The van der Waals surface area contributed by atoms with Crippen molar-refractivity contribution in [1.82, 2.24) is 5.32 Å². The van der Waals surface area contributed by atoms with Crippen molar-refractivity contribution >= 4 is 23.5 Å². The normalized spacial score (nSPS) is 22.4. The molecule has 0 unspecified atom stereocenters. The number of rotatable bonds is 7. The minimum atomic E-state index is -1.05. The van der Waals surface area contributed by atoms with E-state index in [2.05, 4.69) is 10.6 Å². The maximum absolute atomic E-state index is 12.5. The summed E-state index contributed by atoms with van der Waals surface area (Å²) >= 11 is 0. The summed E-state index contributed by atoms with van der Waals surface area (Å²) in [5, 5.41) is 14.7. The number of hydrogen-bond donors (Lipinski definition) is 3. The van der Waals surface area contributed by atoms with Gasteiger partial charge in [0.15, 0.2) is 6.61 Å². The molecule has 0 spiro atoms. The molecule has 152 valence electrons. The first-order valence-corrected chi connectivity index (χ1v) is 10.1. The molecule has 7 nitrogen and oxygen atoms in total. The van der Waals surface area contributed by atoms with Crippen molar-refractivity contribution in [2.75, 3.05) is 11.9 Å². The summed E-state index contributed by atoms with van der Waals surface area (Å²) in [4.78, 5) is 35.4. The summed E-state index contributed by atoms with van der Waals surface area (Å²) in [6.07, 6.45) is 7.42. The number of nitrogens with one attached hydrogen (secondary N) is 2. The van der Waals surface area contributed by atoms with Gasteiger partial charge in [-0.25, -0.2) is 4.79 Å². The first-order chi connectivity index (χ1) is 13.5. The van der Waals surface area contributed by atoms with Crippen LogP contribution in [0.5, 0.6) is 5.75 Å². The van der Waals surface area contributed by atoms with Gasteiger partial charge in [0.25, 0.3) is 0 Å². The zero-order valence-electron chi connectivity index (χ0n) is 16.0. The van der Waals surface area contributed by atoms with E-state index in [4.69, 9.17) is 9.84 Å².